The standard InChI is InChI=1S/C11H20O2/c1-7-5-10(13)9(6-8(2)12)11(7,3)4/h5,8-10,12-13H,6H2,1-4H3. The van der Waals surface area contributed by atoms with Gasteiger partial charge in [0.25, 0.3) is 0 Å². The van der Waals surface area contributed by atoms with Crippen molar-refractivity contribution in [2.45, 2.75) is 46.3 Å². The third-order valence-electron chi connectivity index (χ3n) is 3.37. The molecule has 0 aliphatic heterocycles. The van der Waals surface area contributed by atoms with E-state index in [-0.39, 0.29) is 23.5 Å². The maximum absolute atomic E-state index is 9.76. The summed E-state index contributed by atoms with van der Waals surface area (Å²) in [4.78, 5) is 0. The van der Waals surface area contributed by atoms with Gasteiger partial charge in [-0.1, -0.05) is 25.5 Å². The summed E-state index contributed by atoms with van der Waals surface area (Å²) in [7, 11) is 0. The molecule has 0 heterocycles. The van der Waals surface area contributed by atoms with Crippen molar-refractivity contribution >= 4 is 0 Å². The number of hydrogen-bond acceptors (Lipinski definition) is 2. The Morgan fingerprint density at radius 3 is 2.38 bits per heavy atom. The first-order valence-electron chi connectivity index (χ1n) is 4.90. The molecule has 1 rings (SSSR count). The molecule has 3 unspecified atom stereocenters. The first-order valence-corrected chi connectivity index (χ1v) is 4.90. The maximum atomic E-state index is 9.76. The van der Waals surface area contributed by atoms with Gasteiger partial charge in [0, 0.05) is 0 Å². The zero-order valence-corrected chi connectivity index (χ0v) is 8.91. The topological polar surface area (TPSA) is 40.5 Å². The van der Waals surface area contributed by atoms with Gasteiger partial charge in [-0.25, -0.2) is 0 Å². The number of rotatable bonds is 2. The van der Waals surface area contributed by atoms with Crippen molar-refractivity contribution in [1.29, 1.82) is 0 Å². The van der Waals surface area contributed by atoms with Crippen molar-refractivity contribution in [2.75, 3.05) is 0 Å². The van der Waals surface area contributed by atoms with E-state index >= 15 is 0 Å². The Kier molecular flexibility index (Phi) is 2.83. The molecule has 76 valence electrons. The van der Waals surface area contributed by atoms with Gasteiger partial charge in [-0.2, -0.15) is 0 Å². The average Bonchev–Trinajstić information content (AvgIpc) is 2.13. The summed E-state index contributed by atoms with van der Waals surface area (Å²) < 4.78 is 0. The molecule has 0 radical (unpaired) electrons. The van der Waals surface area contributed by atoms with Crippen LogP contribution in [0, 0.1) is 11.3 Å². The minimum Gasteiger partial charge on any atom is -0.393 e. The van der Waals surface area contributed by atoms with Gasteiger partial charge in [-0.15, -0.1) is 0 Å². The number of aliphatic hydroxyl groups excluding tert-OH is 2. The van der Waals surface area contributed by atoms with Crippen molar-refractivity contribution in [2.24, 2.45) is 11.3 Å². The molecule has 0 aromatic heterocycles. The summed E-state index contributed by atoms with van der Waals surface area (Å²) in [6.45, 7) is 8.08. The Morgan fingerprint density at radius 2 is 2.08 bits per heavy atom. The largest absolute Gasteiger partial charge is 0.393 e. The lowest BCUT2D eigenvalue weighted by molar-refractivity contribution is 0.0587. The Bertz CT molecular complexity index is 216. The van der Waals surface area contributed by atoms with Crippen LogP contribution in [0.1, 0.15) is 34.1 Å². The molecule has 0 bridgehead atoms. The first-order chi connectivity index (χ1) is 5.85. The Balaban J connectivity index is 2.76. The van der Waals surface area contributed by atoms with Crippen LogP contribution in [0.5, 0.6) is 0 Å². The highest BCUT2D eigenvalue weighted by atomic mass is 16.3. The second-order valence-electron chi connectivity index (χ2n) is 4.75. The highest BCUT2D eigenvalue weighted by molar-refractivity contribution is 5.22. The van der Waals surface area contributed by atoms with Crippen molar-refractivity contribution in [3.05, 3.63) is 11.6 Å². The van der Waals surface area contributed by atoms with Crippen LogP contribution >= 0.6 is 0 Å². The molecule has 1 aliphatic carbocycles. The van der Waals surface area contributed by atoms with E-state index in [0.29, 0.717) is 6.42 Å². The second kappa shape index (κ2) is 3.43. The molecular formula is C11H20O2. The highest BCUT2D eigenvalue weighted by Gasteiger charge is 2.40. The summed E-state index contributed by atoms with van der Waals surface area (Å²) in [6, 6.07) is 0. The van der Waals surface area contributed by atoms with Crippen molar-refractivity contribution in [1.82, 2.24) is 0 Å². The number of hydrogen-bond donors (Lipinski definition) is 2. The van der Waals surface area contributed by atoms with Crippen LogP contribution in [-0.2, 0) is 0 Å². The van der Waals surface area contributed by atoms with Crippen LogP contribution in [0.4, 0.5) is 0 Å². The van der Waals surface area contributed by atoms with Gasteiger partial charge < -0.3 is 10.2 Å². The third-order valence-corrected chi connectivity index (χ3v) is 3.37. The van der Waals surface area contributed by atoms with Crippen LogP contribution in [-0.4, -0.2) is 22.4 Å². The zero-order chi connectivity index (χ0) is 10.2. The molecule has 0 aromatic carbocycles. The van der Waals surface area contributed by atoms with Gasteiger partial charge >= 0.3 is 0 Å². The van der Waals surface area contributed by atoms with E-state index in [1.54, 1.807) is 6.92 Å². The number of aliphatic hydroxyl groups is 2. The molecule has 13 heavy (non-hydrogen) atoms. The highest BCUT2D eigenvalue weighted by Crippen LogP contribution is 2.45. The van der Waals surface area contributed by atoms with Gasteiger partial charge in [0.2, 0.25) is 0 Å². The van der Waals surface area contributed by atoms with E-state index in [1.165, 1.54) is 5.57 Å². The smallest absolute Gasteiger partial charge is 0.0760 e. The molecule has 0 spiro atoms. The van der Waals surface area contributed by atoms with E-state index in [0.717, 1.165) is 0 Å². The SMILES string of the molecule is CC1=CC(O)C(CC(C)O)C1(C)C. The molecule has 2 heteroatoms. The molecule has 1 aliphatic rings. The van der Waals surface area contributed by atoms with Gasteiger partial charge in [0.15, 0.2) is 0 Å². The molecule has 0 saturated carbocycles. The summed E-state index contributed by atoms with van der Waals surface area (Å²) in [5, 5.41) is 19.1. The molecule has 2 N–H and O–H groups in total. The molecule has 2 nitrogen and oxygen atoms in total. The predicted octanol–water partition coefficient (Wildman–Crippen LogP) is 1.72. The van der Waals surface area contributed by atoms with Crippen molar-refractivity contribution in [3.8, 4) is 0 Å². The van der Waals surface area contributed by atoms with Gasteiger partial charge in [-0.05, 0) is 31.6 Å². The monoisotopic (exact) mass is 184 g/mol. The van der Waals surface area contributed by atoms with Crippen molar-refractivity contribution in [3.63, 3.8) is 0 Å². The fourth-order valence-corrected chi connectivity index (χ4v) is 2.11. The third kappa shape index (κ3) is 1.94. The molecule has 0 aromatic rings. The van der Waals surface area contributed by atoms with E-state index < -0.39 is 0 Å². The molecule has 0 amide bonds. The van der Waals surface area contributed by atoms with Crippen LogP contribution in [0.3, 0.4) is 0 Å². The zero-order valence-electron chi connectivity index (χ0n) is 8.91. The summed E-state index contributed by atoms with van der Waals surface area (Å²) in [6.07, 6.45) is 1.86. The fourth-order valence-electron chi connectivity index (χ4n) is 2.11. The normalized spacial score (nSPS) is 34.5. The van der Waals surface area contributed by atoms with E-state index in [2.05, 4.69) is 13.8 Å². The fraction of sp³-hybridized carbons (Fsp3) is 0.818. The minimum absolute atomic E-state index is 0.0242. The second-order valence-corrected chi connectivity index (χ2v) is 4.75. The lowest BCUT2D eigenvalue weighted by atomic mass is 9.74. The lowest BCUT2D eigenvalue weighted by Crippen LogP contribution is -2.30. The molecule has 0 fully saturated rings. The van der Waals surface area contributed by atoms with Gasteiger partial charge in [0.1, 0.15) is 0 Å². The quantitative estimate of drug-likeness (QED) is 0.641. The molecule has 0 saturated heterocycles. The number of allylic oxidation sites excluding steroid dienone is 1. The Labute approximate surface area is 80.3 Å². The minimum atomic E-state index is -0.385. The van der Waals surface area contributed by atoms with Gasteiger partial charge in [0.05, 0.1) is 12.2 Å². The predicted molar refractivity (Wildman–Crippen MR) is 53.3 cm³/mol. The Morgan fingerprint density at radius 1 is 1.54 bits per heavy atom. The summed E-state index contributed by atoms with van der Waals surface area (Å²) in [5.41, 5.74) is 1.25. The van der Waals surface area contributed by atoms with Gasteiger partial charge in [-0.3, -0.25) is 0 Å². The maximum Gasteiger partial charge on any atom is 0.0760 e. The van der Waals surface area contributed by atoms with Crippen molar-refractivity contribution < 1.29 is 10.2 Å². The average molecular weight is 184 g/mol. The van der Waals surface area contributed by atoms with Crippen LogP contribution in [0.2, 0.25) is 0 Å². The van der Waals surface area contributed by atoms with Crippen LogP contribution < -0.4 is 0 Å². The van der Waals surface area contributed by atoms with E-state index in [4.69, 9.17) is 0 Å². The molecular weight excluding hydrogens is 164 g/mol. The Hall–Kier alpha value is -0.340. The lowest BCUT2D eigenvalue weighted by Gasteiger charge is -2.32. The molecule has 3 atom stereocenters. The van der Waals surface area contributed by atoms with Crippen LogP contribution in [0.15, 0.2) is 11.6 Å². The van der Waals surface area contributed by atoms with Crippen LogP contribution in [0.25, 0.3) is 0 Å². The van der Waals surface area contributed by atoms with E-state index in [9.17, 15) is 10.2 Å². The first kappa shape index (κ1) is 10.7. The summed E-state index contributed by atoms with van der Waals surface area (Å²) in [5.74, 6) is 0.160. The van der Waals surface area contributed by atoms with E-state index in [1.807, 2.05) is 13.0 Å². The summed E-state index contributed by atoms with van der Waals surface area (Å²) >= 11 is 0.